The lowest BCUT2D eigenvalue weighted by molar-refractivity contribution is 0.102. The molecule has 4 aromatic rings. The molecular formula is C20H15Cl2N5O2S. The van der Waals surface area contributed by atoms with E-state index in [1.807, 2.05) is 17.5 Å². The van der Waals surface area contributed by atoms with Gasteiger partial charge in [0.25, 0.3) is 11.5 Å². The van der Waals surface area contributed by atoms with Crippen molar-refractivity contribution in [3.63, 3.8) is 0 Å². The maximum Gasteiger partial charge on any atom is 0.258 e. The molecule has 0 fully saturated rings. The fourth-order valence-corrected chi connectivity index (χ4v) is 3.82. The number of H-pyrrole nitrogens is 1. The summed E-state index contributed by atoms with van der Waals surface area (Å²) in [6.07, 6.45) is 0. The van der Waals surface area contributed by atoms with E-state index in [9.17, 15) is 9.59 Å². The minimum absolute atomic E-state index is 0.193. The van der Waals surface area contributed by atoms with Crippen LogP contribution < -0.4 is 10.9 Å². The Bertz CT molecular complexity index is 1310. The van der Waals surface area contributed by atoms with Crippen molar-refractivity contribution in [1.82, 2.24) is 19.7 Å². The van der Waals surface area contributed by atoms with Crippen LogP contribution in [0.25, 0.3) is 16.5 Å². The lowest BCUT2D eigenvalue weighted by Crippen LogP contribution is -2.21. The van der Waals surface area contributed by atoms with Gasteiger partial charge >= 0.3 is 0 Å². The first-order chi connectivity index (χ1) is 14.3. The van der Waals surface area contributed by atoms with Crippen LogP contribution in [0, 0.1) is 13.8 Å². The van der Waals surface area contributed by atoms with Crippen LogP contribution in [-0.4, -0.2) is 25.7 Å². The first-order valence-corrected chi connectivity index (χ1v) is 10.5. The molecule has 0 saturated heterocycles. The molecule has 1 aromatic carbocycles. The van der Waals surface area contributed by atoms with Gasteiger partial charge in [-0.05, 0) is 43.5 Å². The molecule has 3 heterocycles. The molecule has 0 radical (unpaired) electrons. The molecule has 152 valence electrons. The van der Waals surface area contributed by atoms with Gasteiger partial charge in [-0.2, -0.15) is 9.78 Å². The summed E-state index contributed by atoms with van der Waals surface area (Å²) < 4.78 is 1.39. The van der Waals surface area contributed by atoms with Crippen LogP contribution in [0.5, 0.6) is 0 Å². The Labute approximate surface area is 185 Å². The van der Waals surface area contributed by atoms with E-state index in [0.717, 1.165) is 4.88 Å². The third kappa shape index (κ3) is 3.89. The number of anilines is 1. The highest BCUT2D eigenvalue weighted by Gasteiger charge is 2.19. The Hall–Kier alpha value is -2.94. The molecule has 3 aromatic heterocycles. The highest BCUT2D eigenvalue weighted by molar-refractivity contribution is 7.13. The SMILES string of the molecule is Cc1nc(-n2nc(-c3cccs3)cc2NC(=O)c2cc(Cl)ccc2Cl)[nH]c(=O)c1C. The van der Waals surface area contributed by atoms with E-state index in [4.69, 9.17) is 23.2 Å². The largest absolute Gasteiger partial charge is 0.306 e. The van der Waals surface area contributed by atoms with Gasteiger partial charge in [0.05, 0.1) is 15.5 Å². The second-order valence-electron chi connectivity index (χ2n) is 6.48. The molecule has 0 aliphatic carbocycles. The van der Waals surface area contributed by atoms with Gasteiger partial charge in [0.1, 0.15) is 11.5 Å². The zero-order valence-corrected chi connectivity index (χ0v) is 18.2. The minimum atomic E-state index is -0.465. The van der Waals surface area contributed by atoms with Crippen molar-refractivity contribution in [3.05, 3.63) is 79.0 Å². The second kappa shape index (κ2) is 8.06. The molecule has 10 heteroatoms. The summed E-state index contributed by atoms with van der Waals surface area (Å²) in [5, 5.41) is 9.91. The van der Waals surface area contributed by atoms with Crippen molar-refractivity contribution >= 4 is 46.3 Å². The molecule has 0 aliphatic heterocycles. The standard InChI is InChI=1S/C20H15Cl2N5O2S/c1-10-11(2)23-20(25-18(10)28)27-17(9-15(26-27)16-4-3-7-30-16)24-19(29)13-8-12(21)5-6-14(13)22/h3-9H,1-2H3,(H,24,29)(H,23,25,28). The normalized spacial score (nSPS) is 10.9. The lowest BCUT2D eigenvalue weighted by atomic mass is 10.2. The summed E-state index contributed by atoms with van der Waals surface area (Å²) >= 11 is 13.7. The van der Waals surface area contributed by atoms with Gasteiger partial charge in [0.2, 0.25) is 5.95 Å². The highest BCUT2D eigenvalue weighted by atomic mass is 35.5. The van der Waals surface area contributed by atoms with Crippen LogP contribution in [0.3, 0.4) is 0 Å². The van der Waals surface area contributed by atoms with Gasteiger partial charge in [-0.1, -0.05) is 29.3 Å². The number of rotatable bonds is 4. The van der Waals surface area contributed by atoms with Crippen LogP contribution >= 0.6 is 34.5 Å². The van der Waals surface area contributed by atoms with Gasteiger partial charge < -0.3 is 5.32 Å². The van der Waals surface area contributed by atoms with Crippen molar-refractivity contribution in [1.29, 1.82) is 0 Å². The minimum Gasteiger partial charge on any atom is -0.306 e. The molecular weight excluding hydrogens is 445 g/mol. The lowest BCUT2D eigenvalue weighted by Gasteiger charge is -2.10. The zero-order valence-electron chi connectivity index (χ0n) is 15.9. The van der Waals surface area contributed by atoms with Crippen LogP contribution in [0.1, 0.15) is 21.6 Å². The zero-order chi connectivity index (χ0) is 21.4. The van der Waals surface area contributed by atoms with Crippen molar-refractivity contribution in [2.75, 3.05) is 5.32 Å². The summed E-state index contributed by atoms with van der Waals surface area (Å²) in [6, 6.07) is 10.2. The van der Waals surface area contributed by atoms with Crippen molar-refractivity contribution in [2.45, 2.75) is 13.8 Å². The van der Waals surface area contributed by atoms with Crippen LogP contribution in [-0.2, 0) is 0 Å². The smallest absolute Gasteiger partial charge is 0.258 e. The maximum atomic E-state index is 12.9. The number of carbonyl (C=O) groups excluding carboxylic acids is 1. The Morgan fingerprint density at radius 3 is 2.70 bits per heavy atom. The second-order valence-corrected chi connectivity index (χ2v) is 8.27. The monoisotopic (exact) mass is 459 g/mol. The van der Waals surface area contributed by atoms with Gasteiger partial charge in [0.15, 0.2) is 0 Å². The Morgan fingerprint density at radius 1 is 1.20 bits per heavy atom. The van der Waals surface area contributed by atoms with E-state index >= 15 is 0 Å². The first-order valence-electron chi connectivity index (χ1n) is 8.81. The van der Waals surface area contributed by atoms with Crippen molar-refractivity contribution in [3.8, 4) is 16.5 Å². The topological polar surface area (TPSA) is 92.7 Å². The molecule has 0 spiro atoms. The summed E-state index contributed by atoms with van der Waals surface area (Å²) in [4.78, 5) is 33.1. The number of nitrogens with one attached hydrogen (secondary N) is 2. The van der Waals surface area contributed by atoms with Gasteiger partial charge in [-0.15, -0.1) is 11.3 Å². The molecule has 4 rings (SSSR count). The summed E-state index contributed by atoms with van der Waals surface area (Å²) in [7, 11) is 0. The predicted octanol–water partition coefficient (Wildman–Crippen LogP) is 4.86. The molecule has 0 aliphatic rings. The molecule has 7 nitrogen and oxygen atoms in total. The van der Waals surface area contributed by atoms with E-state index in [-0.39, 0.29) is 22.1 Å². The maximum absolute atomic E-state index is 12.9. The van der Waals surface area contributed by atoms with Crippen molar-refractivity contribution < 1.29 is 4.79 Å². The number of hydrogen-bond acceptors (Lipinski definition) is 5. The summed E-state index contributed by atoms with van der Waals surface area (Å²) in [5.74, 6) is 0.0526. The summed E-state index contributed by atoms with van der Waals surface area (Å²) in [6.45, 7) is 3.43. The molecule has 0 bridgehead atoms. The Kier molecular flexibility index (Phi) is 5.46. The Balaban J connectivity index is 1.81. The van der Waals surface area contributed by atoms with E-state index in [1.54, 1.807) is 32.0 Å². The predicted molar refractivity (Wildman–Crippen MR) is 119 cm³/mol. The molecule has 0 unspecified atom stereocenters. The number of aromatic nitrogens is 4. The Morgan fingerprint density at radius 2 is 2.00 bits per heavy atom. The number of benzene rings is 1. The van der Waals surface area contributed by atoms with E-state index in [2.05, 4.69) is 20.4 Å². The average molecular weight is 460 g/mol. The molecule has 0 saturated carbocycles. The number of nitrogens with zero attached hydrogens (tertiary/aromatic N) is 3. The van der Waals surface area contributed by atoms with Gasteiger partial charge in [0, 0.05) is 22.3 Å². The third-order valence-corrected chi connectivity index (χ3v) is 5.94. The van der Waals surface area contributed by atoms with Gasteiger partial charge in [-0.3, -0.25) is 14.6 Å². The molecule has 30 heavy (non-hydrogen) atoms. The molecule has 1 amide bonds. The van der Waals surface area contributed by atoms with Crippen LogP contribution in [0.15, 0.2) is 46.6 Å². The van der Waals surface area contributed by atoms with E-state index in [1.165, 1.54) is 22.1 Å². The van der Waals surface area contributed by atoms with E-state index in [0.29, 0.717) is 27.8 Å². The number of hydrogen-bond donors (Lipinski definition) is 2. The number of thiophene rings is 1. The molecule has 2 N–H and O–H groups in total. The van der Waals surface area contributed by atoms with Crippen LogP contribution in [0.4, 0.5) is 5.82 Å². The molecule has 0 atom stereocenters. The first kappa shape index (κ1) is 20.3. The number of amides is 1. The average Bonchev–Trinajstić information content (AvgIpc) is 3.37. The number of carbonyl (C=O) groups is 1. The van der Waals surface area contributed by atoms with E-state index < -0.39 is 5.91 Å². The fraction of sp³-hybridized carbons (Fsp3) is 0.100. The highest BCUT2D eigenvalue weighted by Crippen LogP contribution is 2.28. The summed E-state index contributed by atoms with van der Waals surface area (Å²) in [5.41, 5.74) is 1.65. The quantitative estimate of drug-likeness (QED) is 0.455. The third-order valence-electron chi connectivity index (χ3n) is 4.48. The van der Waals surface area contributed by atoms with Gasteiger partial charge in [-0.25, -0.2) is 4.98 Å². The number of halogens is 2. The number of aryl methyl sites for hydroxylation is 1. The van der Waals surface area contributed by atoms with Crippen molar-refractivity contribution in [2.24, 2.45) is 0 Å². The number of aromatic amines is 1. The fourth-order valence-electron chi connectivity index (χ4n) is 2.76. The van der Waals surface area contributed by atoms with Crippen LogP contribution in [0.2, 0.25) is 10.0 Å².